The lowest BCUT2D eigenvalue weighted by Gasteiger charge is -2.25. The van der Waals surface area contributed by atoms with E-state index in [1.807, 2.05) is 31.3 Å². The van der Waals surface area contributed by atoms with Crippen molar-refractivity contribution in [2.24, 2.45) is 0 Å². The molecule has 0 saturated carbocycles. The predicted molar refractivity (Wildman–Crippen MR) is 142 cm³/mol. The average Bonchev–Trinajstić information content (AvgIpc) is 3.45. The first-order valence-corrected chi connectivity index (χ1v) is 12.3. The number of hydrogen-bond donors (Lipinski definition) is 2. The van der Waals surface area contributed by atoms with Crippen LogP contribution in [0.25, 0.3) is 16.7 Å². The number of nitrogens with zero attached hydrogens (tertiary/aromatic N) is 1. The number of rotatable bonds is 8. The standard InChI is InChI=1S/C30H27FN2O5/c1-3-38-22-10-6-19(7-11-22)28(34)26-27(18-4-8-21(31)9-5-18)33(30(36)29(26)35)15-14-20-17-32-25-13-12-23(37-2)16-24(20)25/h4-13,16-17,27,32,34H,3,14-15H2,1-2H3/b28-26-. The minimum absolute atomic E-state index is 0.0358. The van der Waals surface area contributed by atoms with Crippen LogP contribution in [-0.2, 0) is 16.0 Å². The zero-order valence-corrected chi connectivity index (χ0v) is 21.0. The molecule has 0 bridgehead atoms. The van der Waals surface area contributed by atoms with Crippen molar-refractivity contribution in [3.63, 3.8) is 0 Å². The van der Waals surface area contributed by atoms with Crippen LogP contribution >= 0.6 is 0 Å². The number of amides is 1. The molecule has 1 amide bonds. The Morgan fingerprint density at radius 3 is 2.42 bits per heavy atom. The Balaban J connectivity index is 1.53. The number of aromatic nitrogens is 1. The van der Waals surface area contributed by atoms with E-state index < -0.39 is 23.5 Å². The Morgan fingerprint density at radius 1 is 1.03 bits per heavy atom. The van der Waals surface area contributed by atoms with Gasteiger partial charge in [0.25, 0.3) is 11.7 Å². The fraction of sp³-hybridized carbons (Fsp3) is 0.200. The first-order chi connectivity index (χ1) is 18.4. The number of Topliss-reactive ketones (excluding diaryl/α,β-unsaturated/α-hetero) is 1. The van der Waals surface area contributed by atoms with E-state index in [0.29, 0.717) is 35.7 Å². The molecule has 38 heavy (non-hydrogen) atoms. The summed E-state index contributed by atoms with van der Waals surface area (Å²) in [6.45, 7) is 2.56. The van der Waals surface area contributed by atoms with Gasteiger partial charge in [0.1, 0.15) is 23.1 Å². The molecule has 1 fully saturated rings. The zero-order valence-electron chi connectivity index (χ0n) is 21.0. The number of ketones is 1. The van der Waals surface area contributed by atoms with Gasteiger partial charge in [-0.25, -0.2) is 4.39 Å². The highest BCUT2D eigenvalue weighted by atomic mass is 19.1. The number of halogens is 1. The van der Waals surface area contributed by atoms with E-state index in [-0.39, 0.29) is 17.9 Å². The van der Waals surface area contributed by atoms with Crippen LogP contribution in [0.2, 0.25) is 0 Å². The topological polar surface area (TPSA) is 91.9 Å². The van der Waals surface area contributed by atoms with Crippen molar-refractivity contribution in [3.05, 3.63) is 101 Å². The first kappa shape index (κ1) is 25.1. The molecule has 0 radical (unpaired) electrons. The lowest BCUT2D eigenvalue weighted by molar-refractivity contribution is -0.139. The summed E-state index contributed by atoms with van der Waals surface area (Å²) >= 11 is 0. The number of hydrogen-bond acceptors (Lipinski definition) is 5. The summed E-state index contributed by atoms with van der Waals surface area (Å²) in [6, 6.07) is 17.1. The van der Waals surface area contributed by atoms with Crippen LogP contribution < -0.4 is 9.47 Å². The third-order valence-electron chi connectivity index (χ3n) is 6.76. The predicted octanol–water partition coefficient (Wildman–Crippen LogP) is 5.38. The minimum atomic E-state index is -0.873. The molecule has 194 valence electrons. The van der Waals surface area contributed by atoms with Crippen molar-refractivity contribution in [1.82, 2.24) is 9.88 Å². The number of aliphatic hydroxyl groups excluding tert-OH is 1. The monoisotopic (exact) mass is 514 g/mol. The quantitative estimate of drug-likeness (QED) is 0.187. The van der Waals surface area contributed by atoms with Crippen molar-refractivity contribution in [2.75, 3.05) is 20.3 Å². The Hall–Kier alpha value is -4.59. The van der Waals surface area contributed by atoms with Crippen molar-refractivity contribution in [1.29, 1.82) is 0 Å². The van der Waals surface area contributed by atoms with Crippen molar-refractivity contribution in [2.45, 2.75) is 19.4 Å². The maximum absolute atomic E-state index is 13.8. The molecule has 1 aromatic heterocycles. The summed E-state index contributed by atoms with van der Waals surface area (Å²) in [6.07, 6.45) is 2.31. The SMILES string of the molecule is CCOc1ccc(/C(O)=C2/C(=O)C(=O)N(CCc3c[nH]c4ccc(OC)cc34)C2c2ccc(F)cc2)cc1. The number of H-pyrrole nitrogens is 1. The van der Waals surface area contributed by atoms with E-state index in [4.69, 9.17) is 9.47 Å². The normalized spacial score (nSPS) is 16.8. The van der Waals surface area contributed by atoms with Gasteiger partial charge in [0.2, 0.25) is 0 Å². The molecule has 1 atom stereocenters. The highest BCUT2D eigenvalue weighted by Crippen LogP contribution is 2.40. The third-order valence-corrected chi connectivity index (χ3v) is 6.76. The number of likely N-dealkylation sites (tertiary alicyclic amines) is 1. The van der Waals surface area contributed by atoms with Gasteiger partial charge < -0.3 is 24.5 Å². The second-order valence-corrected chi connectivity index (χ2v) is 8.98. The van der Waals surface area contributed by atoms with Crippen LogP contribution in [0.3, 0.4) is 0 Å². The molecule has 8 heteroatoms. The maximum atomic E-state index is 13.8. The number of carbonyl (C=O) groups excluding carboxylic acids is 2. The maximum Gasteiger partial charge on any atom is 0.295 e. The lowest BCUT2D eigenvalue weighted by Crippen LogP contribution is -2.31. The van der Waals surface area contributed by atoms with E-state index in [0.717, 1.165) is 16.5 Å². The minimum Gasteiger partial charge on any atom is -0.507 e. The first-order valence-electron chi connectivity index (χ1n) is 12.3. The molecular weight excluding hydrogens is 487 g/mol. The molecule has 1 saturated heterocycles. The summed E-state index contributed by atoms with van der Waals surface area (Å²) in [5, 5.41) is 12.2. The lowest BCUT2D eigenvalue weighted by atomic mass is 9.95. The molecular formula is C30H27FN2O5. The fourth-order valence-corrected chi connectivity index (χ4v) is 4.87. The number of aliphatic hydroxyl groups is 1. The number of carbonyl (C=O) groups is 2. The highest BCUT2D eigenvalue weighted by Gasteiger charge is 2.45. The van der Waals surface area contributed by atoms with E-state index in [1.165, 1.54) is 29.2 Å². The molecule has 7 nitrogen and oxygen atoms in total. The average molecular weight is 515 g/mol. The number of methoxy groups -OCH3 is 1. The molecule has 0 aliphatic carbocycles. The van der Waals surface area contributed by atoms with Crippen LogP contribution in [0.5, 0.6) is 11.5 Å². The number of nitrogens with one attached hydrogen (secondary N) is 1. The molecule has 1 aliphatic rings. The van der Waals surface area contributed by atoms with Gasteiger partial charge in [-0.3, -0.25) is 9.59 Å². The number of fused-ring (bicyclic) bond motifs is 1. The van der Waals surface area contributed by atoms with Crippen LogP contribution in [0.4, 0.5) is 4.39 Å². The van der Waals surface area contributed by atoms with Gasteiger partial charge in [0, 0.05) is 29.2 Å². The van der Waals surface area contributed by atoms with Crippen molar-refractivity contribution >= 4 is 28.4 Å². The van der Waals surface area contributed by atoms with Crippen LogP contribution in [0, 0.1) is 5.82 Å². The van der Waals surface area contributed by atoms with Crippen molar-refractivity contribution < 1.29 is 28.6 Å². The molecule has 2 N–H and O–H groups in total. The highest BCUT2D eigenvalue weighted by molar-refractivity contribution is 6.46. The van der Waals surface area contributed by atoms with Gasteiger partial charge in [0.15, 0.2) is 0 Å². The number of aromatic amines is 1. The summed E-state index contributed by atoms with van der Waals surface area (Å²) in [5.74, 6) is -0.907. The number of ether oxygens (including phenoxy) is 2. The molecule has 4 aromatic rings. The smallest absolute Gasteiger partial charge is 0.295 e. The van der Waals surface area contributed by atoms with E-state index in [9.17, 15) is 19.1 Å². The summed E-state index contributed by atoms with van der Waals surface area (Å²) in [7, 11) is 1.60. The second-order valence-electron chi connectivity index (χ2n) is 8.98. The molecule has 5 rings (SSSR count). The zero-order chi connectivity index (χ0) is 26.8. The van der Waals surface area contributed by atoms with Crippen LogP contribution in [0.1, 0.15) is 29.7 Å². The Labute approximate surface area is 219 Å². The van der Waals surface area contributed by atoms with Gasteiger partial charge in [-0.1, -0.05) is 12.1 Å². The van der Waals surface area contributed by atoms with E-state index in [1.54, 1.807) is 31.4 Å². The summed E-state index contributed by atoms with van der Waals surface area (Å²) in [5.41, 5.74) is 2.74. The molecule has 1 unspecified atom stereocenters. The van der Waals surface area contributed by atoms with Gasteiger partial charge >= 0.3 is 0 Å². The van der Waals surface area contributed by atoms with Gasteiger partial charge in [-0.05, 0) is 79.1 Å². The van der Waals surface area contributed by atoms with E-state index >= 15 is 0 Å². The van der Waals surface area contributed by atoms with E-state index in [2.05, 4.69) is 4.98 Å². The van der Waals surface area contributed by atoms with Gasteiger partial charge in [-0.15, -0.1) is 0 Å². The largest absolute Gasteiger partial charge is 0.507 e. The van der Waals surface area contributed by atoms with Gasteiger partial charge in [0.05, 0.1) is 25.3 Å². The number of benzene rings is 3. The Bertz CT molecular complexity index is 1520. The Morgan fingerprint density at radius 2 is 1.74 bits per heavy atom. The van der Waals surface area contributed by atoms with Crippen LogP contribution in [0.15, 0.2) is 78.5 Å². The summed E-state index contributed by atoms with van der Waals surface area (Å²) < 4.78 is 24.6. The van der Waals surface area contributed by atoms with Crippen LogP contribution in [-0.4, -0.2) is 46.9 Å². The Kier molecular flexibility index (Phi) is 6.87. The molecule has 0 spiro atoms. The fourth-order valence-electron chi connectivity index (χ4n) is 4.87. The third kappa shape index (κ3) is 4.61. The second kappa shape index (κ2) is 10.4. The molecule has 2 heterocycles. The molecule has 1 aliphatic heterocycles. The van der Waals surface area contributed by atoms with Gasteiger partial charge in [-0.2, -0.15) is 0 Å². The van der Waals surface area contributed by atoms with Crippen molar-refractivity contribution in [3.8, 4) is 11.5 Å². The summed E-state index contributed by atoms with van der Waals surface area (Å²) in [4.78, 5) is 31.2. The molecule has 3 aromatic carbocycles.